The fourth-order valence-electron chi connectivity index (χ4n) is 2.64. The van der Waals surface area contributed by atoms with Crippen molar-refractivity contribution < 1.29 is 0 Å². The number of hydrogen-bond donors (Lipinski definition) is 1. The lowest BCUT2D eigenvalue weighted by Gasteiger charge is -2.22. The lowest BCUT2D eigenvalue weighted by atomic mass is 10.0. The molecule has 106 valence electrons. The van der Waals surface area contributed by atoms with Gasteiger partial charge in [-0.3, -0.25) is 0 Å². The molecule has 2 rings (SSSR count). The third-order valence-electron chi connectivity index (χ3n) is 4.42. The van der Waals surface area contributed by atoms with Crippen LogP contribution in [0.15, 0.2) is 24.3 Å². The molecule has 2 N–H and O–H groups in total. The van der Waals surface area contributed by atoms with Gasteiger partial charge in [0.2, 0.25) is 0 Å². The molecular weight excluding hydrogens is 232 g/mol. The van der Waals surface area contributed by atoms with E-state index in [1.165, 1.54) is 24.0 Å². The van der Waals surface area contributed by atoms with Gasteiger partial charge >= 0.3 is 0 Å². The van der Waals surface area contributed by atoms with E-state index in [0.717, 1.165) is 26.1 Å². The van der Waals surface area contributed by atoms with Crippen LogP contribution in [0, 0.1) is 5.41 Å². The molecule has 1 fully saturated rings. The van der Waals surface area contributed by atoms with E-state index in [1.54, 1.807) is 0 Å². The van der Waals surface area contributed by atoms with Crippen LogP contribution >= 0.6 is 0 Å². The number of hydrogen-bond acceptors (Lipinski definition) is 2. The van der Waals surface area contributed by atoms with E-state index >= 15 is 0 Å². The highest BCUT2D eigenvalue weighted by Crippen LogP contribution is 2.44. The van der Waals surface area contributed by atoms with E-state index in [2.05, 4.69) is 50.1 Å². The number of benzene rings is 1. The summed E-state index contributed by atoms with van der Waals surface area (Å²) in [6.45, 7) is 7.62. The Morgan fingerprint density at radius 2 is 1.84 bits per heavy atom. The predicted octanol–water partition coefficient (Wildman–Crippen LogP) is 3.02. The van der Waals surface area contributed by atoms with Crippen molar-refractivity contribution in [3.63, 3.8) is 0 Å². The van der Waals surface area contributed by atoms with E-state index in [1.807, 2.05) is 0 Å². The van der Waals surface area contributed by atoms with E-state index < -0.39 is 0 Å². The van der Waals surface area contributed by atoms with Gasteiger partial charge in [-0.15, -0.1) is 0 Å². The van der Waals surface area contributed by atoms with Gasteiger partial charge in [0.15, 0.2) is 0 Å². The summed E-state index contributed by atoms with van der Waals surface area (Å²) in [5, 5.41) is 0. The number of nitrogens with zero attached hydrogens (tertiary/aromatic N) is 1. The van der Waals surface area contributed by atoms with Crippen molar-refractivity contribution in [2.75, 3.05) is 26.7 Å². The Hall–Kier alpha value is -0.860. The third-order valence-corrected chi connectivity index (χ3v) is 4.42. The summed E-state index contributed by atoms with van der Waals surface area (Å²) < 4.78 is 0. The molecule has 0 radical (unpaired) electrons. The Morgan fingerprint density at radius 1 is 1.21 bits per heavy atom. The van der Waals surface area contributed by atoms with Crippen LogP contribution in [-0.4, -0.2) is 31.6 Å². The largest absolute Gasteiger partial charge is 0.330 e. The molecule has 0 aromatic heterocycles. The predicted molar refractivity (Wildman–Crippen MR) is 82.5 cm³/mol. The summed E-state index contributed by atoms with van der Waals surface area (Å²) in [7, 11) is 2.22. The van der Waals surface area contributed by atoms with Crippen LogP contribution in [-0.2, 0) is 6.42 Å². The second-order valence-corrected chi connectivity index (χ2v) is 6.59. The normalized spacial score (nSPS) is 17.2. The molecule has 0 saturated heterocycles. The first-order valence-electron chi connectivity index (χ1n) is 7.52. The molecule has 1 aromatic carbocycles. The maximum Gasteiger partial charge on any atom is 0.00471 e. The Balaban J connectivity index is 1.78. The maximum absolute atomic E-state index is 5.84. The van der Waals surface area contributed by atoms with Crippen LogP contribution in [0.4, 0.5) is 0 Å². The minimum Gasteiger partial charge on any atom is -0.330 e. The van der Waals surface area contributed by atoms with Crippen molar-refractivity contribution >= 4 is 0 Å². The van der Waals surface area contributed by atoms with E-state index in [0.29, 0.717) is 11.3 Å². The summed E-state index contributed by atoms with van der Waals surface area (Å²) >= 11 is 0. The van der Waals surface area contributed by atoms with Gasteiger partial charge in [0, 0.05) is 13.1 Å². The van der Waals surface area contributed by atoms with Crippen LogP contribution < -0.4 is 5.73 Å². The molecule has 0 aliphatic heterocycles. The number of nitrogens with two attached hydrogens (primary N) is 1. The van der Waals surface area contributed by atoms with E-state index in [4.69, 9.17) is 5.73 Å². The van der Waals surface area contributed by atoms with Gasteiger partial charge in [-0.05, 0) is 55.3 Å². The molecule has 1 saturated carbocycles. The summed E-state index contributed by atoms with van der Waals surface area (Å²) in [5.74, 6) is 0.621. The van der Waals surface area contributed by atoms with Crippen LogP contribution in [0.25, 0.3) is 0 Å². The minimum atomic E-state index is 0.455. The van der Waals surface area contributed by atoms with Crippen molar-refractivity contribution in [3.8, 4) is 0 Å². The molecule has 0 unspecified atom stereocenters. The van der Waals surface area contributed by atoms with Crippen LogP contribution in [0.1, 0.15) is 43.7 Å². The molecule has 0 atom stereocenters. The highest BCUT2D eigenvalue weighted by Gasteiger charge is 2.41. The number of rotatable bonds is 7. The monoisotopic (exact) mass is 260 g/mol. The highest BCUT2D eigenvalue weighted by molar-refractivity contribution is 5.24. The summed E-state index contributed by atoms with van der Waals surface area (Å²) in [4.78, 5) is 2.44. The van der Waals surface area contributed by atoms with Gasteiger partial charge in [-0.1, -0.05) is 38.1 Å². The van der Waals surface area contributed by atoms with E-state index in [9.17, 15) is 0 Å². The zero-order valence-corrected chi connectivity index (χ0v) is 12.7. The van der Waals surface area contributed by atoms with Crippen LogP contribution in [0.5, 0.6) is 0 Å². The van der Waals surface area contributed by atoms with Crippen molar-refractivity contribution in [3.05, 3.63) is 35.4 Å². The SMILES string of the molecule is CC(C)c1ccc(CCN(C)CC2(CN)CC2)cc1. The molecule has 1 aliphatic carbocycles. The van der Waals surface area contributed by atoms with Crippen LogP contribution in [0.3, 0.4) is 0 Å². The number of likely N-dealkylation sites (N-methyl/N-ethyl adjacent to an activating group) is 1. The topological polar surface area (TPSA) is 29.3 Å². The van der Waals surface area contributed by atoms with Gasteiger partial charge in [0.25, 0.3) is 0 Å². The molecule has 2 heteroatoms. The first-order chi connectivity index (χ1) is 9.04. The van der Waals surface area contributed by atoms with Gasteiger partial charge in [-0.25, -0.2) is 0 Å². The summed E-state index contributed by atoms with van der Waals surface area (Å²) in [5.41, 5.74) is 9.16. The quantitative estimate of drug-likeness (QED) is 0.816. The molecule has 1 aliphatic rings. The van der Waals surface area contributed by atoms with Gasteiger partial charge in [0.1, 0.15) is 0 Å². The van der Waals surface area contributed by atoms with Crippen molar-refractivity contribution in [2.24, 2.45) is 11.1 Å². The average Bonchev–Trinajstić information content (AvgIpc) is 3.17. The summed E-state index contributed by atoms with van der Waals surface area (Å²) in [6.07, 6.45) is 3.77. The zero-order chi connectivity index (χ0) is 13.9. The lowest BCUT2D eigenvalue weighted by molar-refractivity contribution is 0.269. The molecule has 0 spiro atoms. The Kier molecular flexibility index (Phi) is 4.64. The van der Waals surface area contributed by atoms with Gasteiger partial charge in [0.05, 0.1) is 0 Å². The van der Waals surface area contributed by atoms with Crippen LogP contribution in [0.2, 0.25) is 0 Å². The summed E-state index contributed by atoms with van der Waals surface area (Å²) in [6, 6.07) is 9.09. The molecule has 0 heterocycles. The molecule has 0 amide bonds. The standard InChI is InChI=1S/C17H28N2/c1-14(2)16-6-4-15(5-7-16)8-11-19(3)13-17(12-18)9-10-17/h4-7,14H,8-13,18H2,1-3H3. The highest BCUT2D eigenvalue weighted by atomic mass is 15.1. The smallest absolute Gasteiger partial charge is 0.00471 e. The molecule has 19 heavy (non-hydrogen) atoms. The Labute approximate surface area is 118 Å². The van der Waals surface area contributed by atoms with Crippen molar-refractivity contribution in [2.45, 2.75) is 39.0 Å². The van der Waals surface area contributed by atoms with Crippen molar-refractivity contribution in [1.29, 1.82) is 0 Å². The maximum atomic E-state index is 5.84. The van der Waals surface area contributed by atoms with Gasteiger partial charge in [-0.2, -0.15) is 0 Å². The van der Waals surface area contributed by atoms with Gasteiger partial charge < -0.3 is 10.6 Å². The lowest BCUT2D eigenvalue weighted by Crippen LogP contribution is -2.32. The Bertz CT molecular complexity index is 390. The average molecular weight is 260 g/mol. The fraction of sp³-hybridized carbons (Fsp3) is 0.647. The third kappa shape index (κ3) is 4.05. The Morgan fingerprint density at radius 3 is 2.32 bits per heavy atom. The van der Waals surface area contributed by atoms with E-state index in [-0.39, 0.29) is 0 Å². The molecular formula is C17H28N2. The second-order valence-electron chi connectivity index (χ2n) is 6.59. The molecule has 2 nitrogen and oxygen atoms in total. The fourth-order valence-corrected chi connectivity index (χ4v) is 2.64. The second kappa shape index (κ2) is 6.06. The van der Waals surface area contributed by atoms with Crippen molar-refractivity contribution in [1.82, 2.24) is 4.90 Å². The molecule has 1 aromatic rings. The molecule has 0 bridgehead atoms. The zero-order valence-electron chi connectivity index (χ0n) is 12.7. The first-order valence-corrected chi connectivity index (χ1v) is 7.52. The first kappa shape index (κ1) is 14.5. The minimum absolute atomic E-state index is 0.455.